The fourth-order valence-corrected chi connectivity index (χ4v) is 2.75. The van der Waals surface area contributed by atoms with E-state index in [1.165, 1.54) is 23.9 Å². The number of hydrogen-bond donors (Lipinski definition) is 0. The van der Waals surface area contributed by atoms with Gasteiger partial charge in [-0.25, -0.2) is 9.37 Å². The molecule has 0 radical (unpaired) electrons. The maximum absolute atomic E-state index is 12.9. The molecule has 0 aliphatic heterocycles. The lowest BCUT2D eigenvalue weighted by molar-refractivity contribution is 0.626. The van der Waals surface area contributed by atoms with Crippen molar-refractivity contribution in [2.24, 2.45) is 0 Å². The highest BCUT2D eigenvalue weighted by molar-refractivity contribution is 7.99. The molecule has 0 aliphatic carbocycles. The van der Waals surface area contributed by atoms with Gasteiger partial charge in [-0.1, -0.05) is 30.0 Å². The first-order valence-corrected chi connectivity index (χ1v) is 6.81. The van der Waals surface area contributed by atoms with Crippen LogP contribution in [0.2, 0.25) is 0 Å². The molecular formula is C16H9FN2S. The topological polar surface area (TPSA) is 36.7 Å². The summed E-state index contributed by atoms with van der Waals surface area (Å²) in [6.07, 6.45) is 0. The molecule has 2 aromatic carbocycles. The van der Waals surface area contributed by atoms with Crippen molar-refractivity contribution in [1.82, 2.24) is 4.98 Å². The molecule has 20 heavy (non-hydrogen) atoms. The Labute approximate surface area is 119 Å². The summed E-state index contributed by atoms with van der Waals surface area (Å²) in [6.45, 7) is 0. The third-order valence-corrected chi connectivity index (χ3v) is 3.78. The van der Waals surface area contributed by atoms with Crippen LogP contribution in [0, 0.1) is 17.1 Å². The SMILES string of the molecule is N#Cc1cc(Sc2ccc(F)cc2)nc2ccccc12. The quantitative estimate of drug-likeness (QED) is 0.698. The highest BCUT2D eigenvalue weighted by atomic mass is 32.2. The molecule has 0 amide bonds. The van der Waals surface area contributed by atoms with E-state index in [1.54, 1.807) is 18.2 Å². The van der Waals surface area contributed by atoms with Gasteiger partial charge in [0.2, 0.25) is 0 Å². The van der Waals surface area contributed by atoms with Gasteiger partial charge >= 0.3 is 0 Å². The Hall–Kier alpha value is -2.38. The van der Waals surface area contributed by atoms with E-state index in [2.05, 4.69) is 11.1 Å². The van der Waals surface area contributed by atoms with Crippen molar-refractivity contribution in [3.05, 3.63) is 66.0 Å². The summed E-state index contributed by atoms with van der Waals surface area (Å²) >= 11 is 1.41. The van der Waals surface area contributed by atoms with Crippen LogP contribution in [0.1, 0.15) is 5.56 Å². The monoisotopic (exact) mass is 280 g/mol. The van der Waals surface area contributed by atoms with Crippen LogP contribution < -0.4 is 0 Å². The number of rotatable bonds is 2. The molecule has 0 aliphatic rings. The number of aromatic nitrogens is 1. The zero-order valence-corrected chi connectivity index (χ0v) is 11.2. The smallest absolute Gasteiger partial charge is 0.123 e. The van der Waals surface area contributed by atoms with E-state index >= 15 is 0 Å². The second kappa shape index (κ2) is 5.32. The zero-order valence-electron chi connectivity index (χ0n) is 10.4. The first kappa shape index (κ1) is 12.6. The minimum Gasteiger partial charge on any atom is -0.241 e. The number of para-hydroxylation sites is 1. The number of fused-ring (bicyclic) bond motifs is 1. The van der Waals surface area contributed by atoms with Crippen molar-refractivity contribution in [2.45, 2.75) is 9.92 Å². The van der Waals surface area contributed by atoms with Gasteiger partial charge in [-0.15, -0.1) is 0 Å². The highest BCUT2D eigenvalue weighted by Gasteiger charge is 2.06. The molecule has 2 nitrogen and oxygen atoms in total. The Morgan fingerprint density at radius 1 is 1.05 bits per heavy atom. The number of nitrogens with zero attached hydrogens (tertiary/aromatic N) is 2. The summed E-state index contributed by atoms with van der Waals surface area (Å²) in [5.74, 6) is -0.265. The van der Waals surface area contributed by atoms with Crippen LogP contribution >= 0.6 is 11.8 Å². The van der Waals surface area contributed by atoms with Gasteiger partial charge in [-0.2, -0.15) is 5.26 Å². The molecule has 0 unspecified atom stereocenters. The van der Waals surface area contributed by atoms with E-state index in [-0.39, 0.29) is 5.82 Å². The number of nitriles is 1. The lowest BCUT2D eigenvalue weighted by atomic mass is 10.1. The van der Waals surface area contributed by atoms with Crippen LogP contribution in [0.5, 0.6) is 0 Å². The zero-order chi connectivity index (χ0) is 13.9. The maximum atomic E-state index is 12.9. The number of pyridine rings is 1. The molecule has 96 valence electrons. The van der Waals surface area contributed by atoms with Gasteiger partial charge < -0.3 is 0 Å². The minimum absolute atomic E-state index is 0.265. The number of hydrogen-bond acceptors (Lipinski definition) is 3. The molecule has 0 N–H and O–H groups in total. The third kappa shape index (κ3) is 2.49. The van der Waals surface area contributed by atoms with Crippen LogP contribution in [-0.4, -0.2) is 4.98 Å². The summed E-state index contributed by atoms with van der Waals surface area (Å²) < 4.78 is 12.9. The van der Waals surface area contributed by atoms with Gasteiger partial charge in [0.25, 0.3) is 0 Å². The molecule has 3 aromatic rings. The summed E-state index contributed by atoms with van der Waals surface area (Å²) in [5.41, 5.74) is 1.39. The summed E-state index contributed by atoms with van der Waals surface area (Å²) in [6, 6.07) is 17.7. The van der Waals surface area contributed by atoms with Crippen molar-refractivity contribution < 1.29 is 4.39 Å². The van der Waals surface area contributed by atoms with Crippen LogP contribution in [0.4, 0.5) is 4.39 Å². The second-order valence-electron chi connectivity index (χ2n) is 4.19. The Morgan fingerprint density at radius 3 is 2.55 bits per heavy atom. The second-order valence-corrected chi connectivity index (χ2v) is 5.29. The Bertz CT molecular complexity index is 807. The van der Waals surface area contributed by atoms with Gasteiger partial charge in [0.15, 0.2) is 0 Å². The molecule has 0 fully saturated rings. The third-order valence-electron chi connectivity index (χ3n) is 2.85. The Kier molecular flexibility index (Phi) is 3.36. The van der Waals surface area contributed by atoms with E-state index in [1.807, 2.05) is 24.3 Å². The van der Waals surface area contributed by atoms with E-state index < -0.39 is 0 Å². The fraction of sp³-hybridized carbons (Fsp3) is 0. The van der Waals surface area contributed by atoms with Crippen molar-refractivity contribution in [1.29, 1.82) is 5.26 Å². The average molecular weight is 280 g/mol. The maximum Gasteiger partial charge on any atom is 0.123 e. The predicted octanol–water partition coefficient (Wildman–Crippen LogP) is 4.40. The minimum atomic E-state index is -0.265. The van der Waals surface area contributed by atoms with E-state index in [0.29, 0.717) is 5.56 Å². The summed E-state index contributed by atoms with van der Waals surface area (Å²) in [5, 5.41) is 10.8. The van der Waals surface area contributed by atoms with Crippen LogP contribution in [-0.2, 0) is 0 Å². The van der Waals surface area contributed by atoms with Gasteiger partial charge in [0.1, 0.15) is 10.8 Å². The normalized spacial score (nSPS) is 10.4. The molecule has 1 aromatic heterocycles. The Balaban J connectivity index is 2.04. The molecule has 0 spiro atoms. The highest BCUT2D eigenvalue weighted by Crippen LogP contribution is 2.29. The first-order valence-electron chi connectivity index (χ1n) is 5.99. The van der Waals surface area contributed by atoms with Crippen LogP contribution in [0.25, 0.3) is 10.9 Å². The fourth-order valence-electron chi connectivity index (χ4n) is 1.92. The molecule has 0 bridgehead atoms. The first-order chi connectivity index (χ1) is 9.76. The largest absolute Gasteiger partial charge is 0.241 e. The molecular weight excluding hydrogens is 271 g/mol. The lowest BCUT2D eigenvalue weighted by Gasteiger charge is -2.05. The van der Waals surface area contributed by atoms with E-state index in [0.717, 1.165) is 20.8 Å². The molecule has 4 heteroatoms. The molecule has 1 heterocycles. The van der Waals surface area contributed by atoms with Gasteiger partial charge in [0.05, 0.1) is 17.1 Å². The summed E-state index contributed by atoms with van der Waals surface area (Å²) in [7, 11) is 0. The van der Waals surface area contributed by atoms with Crippen molar-refractivity contribution in [3.63, 3.8) is 0 Å². The summed E-state index contributed by atoms with van der Waals surface area (Å²) in [4.78, 5) is 5.41. The average Bonchev–Trinajstić information content (AvgIpc) is 2.49. The molecule has 0 atom stereocenters. The van der Waals surface area contributed by atoms with E-state index in [4.69, 9.17) is 0 Å². The number of halogens is 1. The number of benzene rings is 2. The molecule has 3 rings (SSSR count). The van der Waals surface area contributed by atoms with Crippen molar-refractivity contribution in [3.8, 4) is 6.07 Å². The van der Waals surface area contributed by atoms with Crippen LogP contribution in [0.15, 0.2) is 64.5 Å². The van der Waals surface area contributed by atoms with Crippen molar-refractivity contribution >= 4 is 22.7 Å². The predicted molar refractivity (Wildman–Crippen MR) is 77.0 cm³/mol. The lowest BCUT2D eigenvalue weighted by Crippen LogP contribution is -1.87. The standard InChI is InChI=1S/C16H9FN2S/c17-12-5-7-13(8-6-12)20-16-9-11(10-18)14-3-1-2-4-15(14)19-16/h1-9H. The Morgan fingerprint density at radius 2 is 1.80 bits per heavy atom. The van der Waals surface area contributed by atoms with Gasteiger partial charge in [0, 0.05) is 10.3 Å². The van der Waals surface area contributed by atoms with Gasteiger partial charge in [-0.05, 0) is 36.4 Å². The van der Waals surface area contributed by atoms with Crippen molar-refractivity contribution in [2.75, 3.05) is 0 Å². The molecule has 0 saturated carbocycles. The van der Waals surface area contributed by atoms with E-state index in [9.17, 15) is 9.65 Å². The van der Waals surface area contributed by atoms with Gasteiger partial charge in [-0.3, -0.25) is 0 Å². The van der Waals surface area contributed by atoms with Crippen LogP contribution in [0.3, 0.4) is 0 Å². The molecule has 0 saturated heterocycles.